The van der Waals surface area contributed by atoms with Crippen LogP contribution in [0.5, 0.6) is 0 Å². The summed E-state index contributed by atoms with van der Waals surface area (Å²) in [7, 11) is -1.89. The molecule has 2 atom stereocenters. The quantitative estimate of drug-likeness (QED) is 0.596. The molecule has 1 fully saturated rings. The molecule has 0 aliphatic carbocycles. The highest BCUT2D eigenvalue weighted by molar-refractivity contribution is 7.89. The molecule has 0 N–H and O–H groups in total. The Morgan fingerprint density at radius 1 is 1.19 bits per heavy atom. The molecule has 0 radical (unpaired) electrons. The number of esters is 1. The first kappa shape index (κ1) is 23.0. The summed E-state index contributed by atoms with van der Waals surface area (Å²) in [5.41, 5.74) is 0.835. The third-order valence-electron chi connectivity index (χ3n) is 5.02. The van der Waals surface area contributed by atoms with Crippen LogP contribution in [0, 0.1) is 0 Å². The SMILES string of the molecule is COC(=O)[C@@H]1C[C@@H](N(C(=O)OC)S(=O)(=O)c2ccc(Cl)cc2)CN1Cc1cccnc1. The first-order valence-corrected chi connectivity index (χ1v) is 11.2. The molecular formula is C20H22ClN3O6S. The van der Waals surface area contributed by atoms with E-state index in [9.17, 15) is 18.0 Å². The highest BCUT2D eigenvalue weighted by Crippen LogP contribution is 2.30. The van der Waals surface area contributed by atoms with Gasteiger partial charge < -0.3 is 9.47 Å². The predicted octanol–water partition coefficient (Wildman–Crippen LogP) is 2.31. The van der Waals surface area contributed by atoms with E-state index in [1.165, 1.54) is 31.4 Å². The fourth-order valence-electron chi connectivity index (χ4n) is 3.58. The molecule has 1 aliphatic heterocycles. The van der Waals surface area contributed by atoms with Crippen molar-refractivity contribution in [3.63, 3.8) is 0 Å². The molecule has 1 aliphatic rings. The monoisotopic (exact) mass is 467 g/mol. The van der Waals surface area contributed by atoms with Gasteiger partial charge in [0.1, 0.15) is 6.04 Å². The minimum atomic E-state index is -4.26. The number of pyridine rings is 1. The molecule has 31 heavy (non-hydrogen) atoms. The number of aromatic nitrogens is 1. The van der Waals surface area contributed by atoms with E-state index in [4.69, 9.17) is 21.1 Å². The first-order chi connectivity index (χ1) is 14.8. The zero-order chi connectivity index (χ0) is 22.6. The molecular weight excluding hydrogens is 446 g/mol. The largest absolute Gasteiger partial charge is 0.468 e. The maximum absolute atomic E-state index is 13.3. The van der Waals surface area contributed by atoms with Crippen molar-refractivity contribution >= 4 is 33.7 Å². The number of benzene rings is 1. The van der Waals surface area contributed by atoms with Crippen LogP contribution in [0.4, 0.5) is 4.79 Å². The standard InChI is InChI=1S/C20H22ClN3O6S/c1-29-19(25)18-10-16(13-23(18)12-14-4-3-9-22-11-14)24(20(26)30-2)31(27,28)17-7-5-15(21)6-8-17/h3-9,11,16,18H,10,12-13H2,1-2H3/t16-,18+/m1/s1. The summed E-state index contributed by atoms with van der Waals surface area (Å²) in [6.07, 6.45) is 2.32. The Morgan fingerprint density at radius 2 is 1.90 bits per heavy atom. The lowest BCUT2D eigenvalue weighted by Gasteiger charge is -2.27. The number of halogens is 1. The first-order valence-electron chi connectivity index (χ1n) is 9.36. The highest BCUT2D eigenvalue weighted by atomic mass is 35.5. The smallest absolute Gasteiger partial charge is 0.423 e. The molecule has 0 saturated carbocycles. The lowest BCUT2D eigenvalue weighted by molar-refractivity contribution is -0.146. The summed E-state index contributed by atoms with van der Waals surface area (Å²) in [4.78, 5) is 30.7. The van der Waals surface area contributed by atoms with Crippen molar-refractivity contribution in [1.29, 1.82) is 0 Å². The number of sulfonamides is 1. The maximum atomic E-state index is 13.3. The Kier molecular flexibility index (Phi) is 7.14. The van der Waals surface area contributed by atoms with Crippen LogP contribution in [0.25, 0.3) is 0 Å². The molecule has 0 spiro atoms. The van der Waals surface area contributed by atoms with Crippen LogP contribution >= 0.6 is 11.6 Å². The van der Waals surface area contributed by atoms with E-state index < -0.39 is 34.2 Å². The van der Waals surface area contributed by atoms with Crippen molar-refractivity contribution in [1.82, 2.24) is 14.2 Å². The van der Waals surface area contributed by atoms with Crippen LogP contribution in [0.3, 0.4) is 0 Å². The average Bonchev–Trinajstić information content (AvgIpc) is 3.16. The molecule has 3 rings (SSSR count). The van der Waals surface area contributed by atoms with Gasteiger partial charge in [-0.1, -0.05) is 17.7 Å². The lowest BCUT2D eigenvalue weighted by atomic mass is 10.1. The average molecular weight is 468 g/mol. The molecule has 1 saturated heterocycles. The van der Waals surface area contributed by atoms with Crippen molar-refractivity contribution in [2.75, 3.05) is 20.8 Å². The summed E-state index contributed by atoms with van der Waals surface area (Å²) in [5.74, 6) is -0.514. The third kappa shape index (κ3) is 4.97. The zero-order valence-corrected chi connectivity index (χ0v) is 18.5. The van der Waals surface area contributed by atoms with Gasteiger partial charge in [-0.2, -0.15) is 4.31 Å². The van der Waals surface area contributed by atoms with Gasteiger partial charge in [0.2, 0.25) is 0 Å². The summed E-state index contributed by atoms with van der Waals surface area (Å²) in [6, 6.07) is 7.51. The predicted molar refractivity (Wildman–Crippen MR) is 112 cm³/mol. The molecule has 9 nitrogen and oxygen atoms in total. The lowest BCUT2D eigenvalue weighted by Crippen LogP contribution is -2.45. The number of rotatable bonds is 6. The van der Waals surface area contributed by atoms with Gasteiger partial charge in [0.05, 0.1) is 25.2 Å². The van der Waals surface area contributed by atoms with Gasteiger partial charge in [0, 0.05) is 30.5 Å². The second-order valence-corrected chi connectivity index (χ2v) is 9.20. The summed E-state index contributed by atoms with van der Waals surface area (Å²) in [6.45, 7) is 0.455. The van der Waals surface area contributed by atoms with Gasteiger partial charge >= 0.3 is 12.1 Å². The molecule has 2 aromatic rings. The number of carbonyl (C=O) groups excluding carboxylic acids is 2. The second-order valence-electron chi connectivity index (χ2n) is 6.94. The van der Waals surface area contributed by atoms with Gasteiger partial charge in [0.25, 0.3) is 10.0 Å². The van der Waals surface area contributed by atoms with E-state index in [-0.39, 0.29) is 17.9 Å². The number of hydrogen-bond acceptors (Lipinski definition) is 8. The van der Waals surface area contributed by atoms with E-state index in [0.29, 0.717) is 15.9 Å². The van der Waals surface area contributed by atoms with Crippen LogP contribution in [0.2, 0.25) is 5.02 Å². The molecule has 1 amide bonds. The Balaban J connectivity index is 1.94. The van der Waals surface area contributed by atoms with E-state index in [1.54, 1.807) is 23.4 Å². The number of methoxy groups -OCH3 is 2. The number of likely N-dealkylation sites (tertiary alicyclic amines) is 1. The minimum Gasteiger partial charge on any atom is -0.468 e. The molecule has 1 aromatic heterocycles. The normalized spacial score (nSPS) is 19.1. The Bertz CT molecular complexity index is 1030. The van der Waals surface area contributed by atoms with Gasteiger partial charge in [-0.05, 0) is 42.3 Å². The fourth-order valence-corrected chi connectivity index (χ4v) is 5.23. The summed E-state index contributed by atoms with van der Waals surface area (Å²) >= 11 is 5.86. The van der Waals surface area contributed by atoms with Crippen LogP contribution in [0.1, 0.15) is 12.0 Å². The topological polar surface area (TPSA) is 106 Å². The van der Waals surface area contributed by atoms with Crippen molar-refractivity contribution in [2.24, 2.45) is 0 Å². The molecule has 0 unspecified atom stereocenters. The maximum Gasteiger partial charge on any atom is 0.423 e. The van der Waals surface area contributed by atoms with Gasteiger partial charge in [-0.3, -0.25) is 14.7 Å². The van der Waals surface area contributed by atoms with Crippen molar-refractivity contribution in [3.05, 3.63) is 59.4 Å². The van der Waals surface area contributed by atoms with Crippen LogP contribution < -0.4 is 0 Å². The highest BCUT2D eigenvalue weighted by Gasteiger charge is 2.46. The van der Waals surface area contributed by atoms with Crippen molar-refractivity contribution in [2.45, 2.75) is 29.9 Å². The fraction of sp³-hybridized carbons (Fsp3) is 0.350. The van der Waals surface area contributed by atoms with E-state index in [0.717, 1.165) is 12.7 Å². The molecule has 166 valence electrons. The van der Waals surface area contributed by atoms with E-state index in [2.05, 4.69) is 4.98 Å². The number of amides is 1. The molecule has 11 heteroatoms. The Hall–Kier alpha value is -2.69. The minimum absolute atomic E-state index is 0.0643. The number of ether oxygens (including phenoxy) is 2. The van der Waals surface area contributed by atoms with Crippen LogP contribution in [-0.4, -0.2) is 67.5 Å². The van der Waals surface area contributed by atoms with Crippen molar-refractivity contribution in [3.8, 4) is 0 Å². The van der Waals surface area contributed by atoms with Crippen molar-refractivity contribution < 1.29 is 27.5 Å². The van der Waals surface area contributed by atoms with Crippen LogP contribution in [0.15, 0.2) is 53.7 Å². The second kappa shape index (κ2) is 9.63. The molecule has 0 bridgehead atoms. The molecule has 2 heterocycles. The Labute approximate surface area is 185 Å². The van der Waals surface area contributed by atoms with Gasteiger partial charge in [0.15, 0.2) is 0 Å². The summed E-state index contributed by atoms with van der Waals surface area (Å²) in [5, 5.41) is 0.359. The van der Waals surface area contributed by atoms with E-state index in [1.807, 2.05) is 6.07 Å². The van der Waals surface area contributed by atoms with E-state index >= 15 is 0 Å². The number of hydrogen-bond donors (Lipinski definition) is 0. The zero-order valence-electron chi connectivity index (χ0n) is 17.0. The van der Waals surface area contributed by atoms with Gasteiger partial charge in [-0.15, -0.1) is 0 Å². The van der Waals surface area contributed by atoms with Gasteiger partial charge in [-0.25, -0.2) is 13.2 Å². The van der Waals surface area contributed by atoms with Crippen LogP contribution in [-0.2, 0) is 30.8 Å². The number of nitrogens with zero attached hydrogens (tertiary/aromatic N) is 3. The summed E-state index contributed by atoms with van der Waals surface area (Å²) < 4.78 is 36.9. The third-order valence-corrected chi connectivity index (χ3v) is 7.10. The Morgan fingerprint density at radius 3 is 2.48 bits per heavy atom. The number of carbonyl (C=O) groups is 2. The molecule has 1 aromatic carbocycles.